The fourth-order valence-corrected chi connectivity index (χ4v) is 3.92. The van der Waals surface area contributed by atoms with Crippen LogP contribution in [0, 0.1) is 0 Å². The van der Waals surface area contributed by atoms with E-state index in [1.807, 2.05) is 11.0 Å². The summed E-state index contributed by atoms with van der Waals surface area (Å²) in [5.41, 5.74) is 4.19. The number of nitrogens with zero attached hydrogens (tertiary/aromatic N) is 2. The first-order valence-electron chi connectivity index (χ1n) is 9.20. The lowest BCUT2D eigenvalue weighted by atomic mass is 9.93. The van der Waals surface area contributed by atoms with Crippen LogP contribution in [-0.4, -0.2) is 39.1 Å². The summed E-state index contributed by atoms with van der Waals surface area (Å²) in [5, 5.41) is 8.53. The van der Waals surface area contributed by atoms with Crippen LogP contribution in [0.2, 0.25) is 0 Å². The Labute approximate surface area is 146 Å². The second-order valence-electron chi connectivity index (χ2n) is 7.36. The molecule has 3 aromatic rings. The van der Waals surface area contributed by atoms with E-state index in [-0.39, 0.29) is 5.91 Å². The summed E-state index contributed by atoms with van der Waals surface area (Å²) < 4.78 is 0. The van der Waals surface area contributed by atoms with Gasteiger partial charge in [0.1, 0.15) is 5.69 Å². The highest BCUT2D eigenvalue weighted by molar-refractivity contribution is 5.92. The molecule has 0 spiro atoms. The van der Waals surface area contributed by atoms with Gasteiger partial charge in [-0.3, -0.25) is 9.89 Å². The van der Waals surface area contributed by atoms with Crippen molar-refractivity contribution in [3.8, 4) is 0 Å². The smallest absolute Gasteiger partial charge is 0.274 e. The number of fused-ring (bicyclic) bond motifs is 1. The van der Waals surface area contributed by atoms with Gasteiger partial charge in [-0.15, -0.1) is 0 Å². The summed E-state index contributed by atoms with van der Waals surface area (Å²) in [7, 11) is 0. The average molecular weight is 334 g/mol. The minimum atomic E-state index is 0.0678. The first kappa shape index (κ1) is 14.8. The Kier molecular flexibility index (Phi) is 3.40. The van der Waals surface area contributed by atoms with Crippen LogP contribution in [0.1, 0.15) is 59.4 Å². The quantitative estimate of drug-likeness (QED) is 0.765. The van der Waals surface area contributed by atoms with Gasteiger partial charge >= 0.3 is 0 Å². The third-order valence-electron chi connectivity index (χ3n) is 5.61. The number of para-hydroxylation sites is 1. The number of H-pyrrole nitrogens is 2. The van der Waals surface area contributed by atoms with Gasteiger partial charge in [0, 0.05) is 41.8 Å². The summed E-state index contributed by atoms with van der Waals surface area (Å²) in [6.45, 7) is 1.59. The molecule has 1 saturated heterocycles. The standard InChI is InChI=1S/C20H22N4O/c25-20(19-12-18(22-23-19)13-5-6-13)24-9-7-14(8-10-24)17-11-15-3-1-2-4-16(15)21-17/h1-4,11-14,21H,5-10H2,(H,22,23). The fourth-order valence-electron chi connectivity index (χ4n) is 3.92. The van der Waals surface area contributed by atoms with Crippen LogP contribution in [0.5, 0.6) is 0 Å². The maximum atomic E-state index is 12.7. The number of likely N-dealkylation sites (tertiary alicyclic amines) is 1. The normalized spacial score (nSPS) is 18.8. The van der Waals surface area contributed by atoms with Crippen molar-refractivity contribution in [2.75, 3.05) is 13.1 Å². The molecule has 0 radical (unpaired) electrons. The summed E-state index contributed by atoms with van der Waals surface area (Å²) in [6.07, 6.45) is 4.42. The van der Waals surface area contributed by atoms with Gasteiger partial charge in [-0.05, 0) is 49.3 Å². The third-order valence-corrected chi connectivity index (χ3v) is 5.61. The zero-order chi connectivity index (χ0) is 16.8. The van der Waals surface area contributed by atoms with Gasteiger partial charge in [0.2, 0.25) is 0 Å². The third kappa shape index (κ3) is 2.73. The van der Waals surface area contributed by atoms with Crippen LogP contribution in [0.15, 0.2) is 36.4 Å². The molecule has 2 aromatic heterocycles. The maximum Gasteiger partial charge on any atom is 0.274 e. The number of aromatic amines is 2. The number of amides is 1. The number of hydrogen-bond acceptors (Lipinski definition) is 2. The van der Waals surface area contributed by atoms with E-state index in [2.05, 4.69) is 45.5 Å². The second kappa shape index (κ2) is 5.76. The van der Waals surface area contributed by atoms with E-state index in [0.717, 1.165) is 31.6 Å². The highest BCUT2D eigenvalue weighted by Gasteiger charge is 2.29. The van der Waals surface area contributed by atoms with E-state index < -0.39 is 0 Å². The number of rotatable bonds is 3. The van der Waals surface area contributed by atoms with Crippen molar-refractivity contribution in [2.45, 2.75) is 37.5 Å². The summed E-state index contributed by atoms with van der Waals surface area (Å²) in [4.78, 5) is 18.2. The number of hydrogen-bond donors (Lipinski definition) is 2. The zero-order valence-electron chi connectivity index (χ0n) is 14.2. The monoisotopic (exact) mass is 334 g/mol. The molecule has 3 heterocycles. The lowest BCUT2D eigenvalue weighted by Crippen LogP contribution is -2.38. The molecule has 0 unspecified atom stereocenters. The highest BCUT2D eigenvalue weighted by atomic mass is 16.2. The van der Waals surface area contributed by atoms with E-state index in [1.54, 1.807) is 0 Å². The zero-order valence-corrected chi connectivity index (χ0v) is 14.2. The van der Waals surface area contributed by atoms with Gasteiger partial charge in [-0.25, -0.2) is 0 Å². The summed E-state index contributed by atoms with van der Waals surface area (Å²) in [6, 6.07) is 12.6. The van der Waals surface area contributed by atoms with Gasteiger partial charge in [0.15, 0.2) is 0 Å². The molecule has 1 aliphatic carbocycles. The molecule has 0 atom stereocenters. The fraction of sp³-hybridized carbons (Fsp3) is 0.400. The molecule has 2 fully saturated rings. The molecule has 0 bridgehead atoms. The first-order valence-corrected chi connectivity index (χ1v) is 9.20. The van der Waals surface area contributed by atoms with Gasteiger partial charge < -0.3 is 9.88 Å². The predicted molar refractivity (Wildman–Crippen MR) is 96.7 cm³/mol. The molecule has 2 aliphatic rings. The number of aromatic nitrogens is 3. The summed E-state index contributed by atoms with van der Waals surface area (Å²) >= 11 is 0. The van der Waals surface area contributed by atoms with Gasteiger partial charge in [0.05, 0.1) is 0 Å². The van der Waals surface area contributed by atoms with E-state index in [1.165, 1.54) is 29.4 Å². The molecule has 2 N–H and O–H groups in total. The first-order chi connectivity index (χ1) is 12.3. The van der Waals surface area contributed by atoms with E-state index in [4.69, 9.17) is 0 Å². The Morgan fingerprint density at radius 3 is 2.52 bits per heavy atom. The molecular formula is C20H22N4O. The van der Waals surface area contributed by atoms with E-state index in [0.29, 0.717) is 17.5 Å². The largest absolute Gasteiger partial charge is 0.358 e. The van der Waals surface area contributed by atoms with Crippen molar-refractivity contribution < 1.29 is 4.79 Å². The molecule has 1 amide bonds. The van der Waals surface area contributed by atoms with Crippen LogP contribution < -0.4 is 0 Å². The minimum absolute atomic E-state index is 0.0678. The van der Waals surface area contributed by atoms with Crippen molar-refractivity contribution in [3.05, 3.63) is 53.5 Å². The van der Waals surface area contributed by atoms with Crippen molar-refractivity contribution in [2.24, 2.45) is 0 Å². The lowest BCUT2D eigenvalue weighted by Gasteiger charge is -2.31. The van der Waals surface area contributed by atoms with Crippen LogP contribution in [0.4, 0.5) is 0 Å². The highest BCUT2D eigenvalue weighted by Crippen LogP contribution is 2.39. The molecule has 5 nitrogen and oxygen atoms in total. The average Bonchev–Trinajstić information content (AvgIpc) is 3.22. The number of piperidine rings is 1. The van der Waals surface area contributed by atoms with Crippen LogP contribution in [0.25, 0.3) is 10.9 Å². The molecule has 1 aliphatic heterocycles. The Hall–Kier alpha value is -2.56. The van der Waals surface area contributed by atoms with Gasteiger partial charge in [-0.1, -0.05) is 18.2 Å². The maximum absolute atomic E-state index is 12.7. The van der Waals surface area contributed by atoms with E-state index >= 15 is 0 Å². The minimum Gasteiger partial charge on any atom is -0.358 e. The lowest BCUT2D eigenvalue weighted by molar-refractivity contribution is 0.0706. The Balaban J connectivity index is 1.26. The summed E-state index contributed by atoms with van der Waals surface area (Å²) in [5.74, 6) is 1.16. The van der Waals surface area contributed by atoms with Crippen LogP contribution >= 0.6 is 0 Å². The van der Waals surface area contributed by atoms with Crippen molar-refractivity contribution in [1.29, 1.82) is 0 Å². The Morgan fingerprint density at radius 2 is 1.76 bits per heavy atom. The molecule has 5 rings (SSSR count). The Bertz CT molecular complexity index is 880. The molecule has 1 aromatic carbocycles. The molecule has 128 valence electrons. The van der Waals surface area contributed by atoms with Crippen molar-refractivity contribution in [3.63, 3.8) is 0 Å². The SMILES string of the molecule is O=C(c1cc(C2CC2)[nH]n1)N1CCC(c2cc3ccccc3[nH]2)CC1. The molecular weight excluding hydrogens is 312 g/mol. The number of nitrogens with one attached hydrogen (secondary N) is 2. The van der Waals surface area contributed by atoms with E-state index in [9.17, 15) is 4.79 Å². The molecule has 25 heavy (non-hydrogen) atoms. The van der Waals surface area contributed by atoms with Crippen molar-refractivity contribution in [1.82, 2.24) is 20.1 Å². The predicted octanol–water partition coefficient (Wildman–Crippen LogP) is 3.79. The second-order valence-corrected chi connectivity index (χ2v) is 7.36. The topological polar surface area (TPSA) is 64.8 Å². The van der Waals surface area contributed by atoms with Crippen molar-refractivity contribution >= 4 is 16.8 Å². The number of carbonyl (C=O) groups is 1. The van der Waals surface area contributed by atoms with Gasteiger partial charge in [-0.2, -0.15) is 5.10 Å². The number of carbonyl (C=O) groups excluding carboxylic acids is 1. The molecule has 1 saturated carbocycles. The number of benzene rings is 1. The Morgan fingerprint density at radius 1 is 1.00 bits per heavy atom. The van der Waals surface area contributed by atoms with Crippen LogP contribution in [-0.2, 0) is 0 Å². The van der Waals surface area contributed by atoms with Gasteiger partial charge in [0.25, 0.3) is 5.91 Å². The van der Waals surface area contributed by atoms with Crippen LogP contribution in [0.3, 0.4) is 0 Å². The molecule has 5 heteroatoms.